The highest BCUT2D eigenvalue weighted by Crippen LogP contribution is 2.34. The smallest absolute Gasteiger partial charge is 0.0447 e. The molecule has 0 amide bonds. The Bertz CT molecular complexity index is 1000. The number of fused-ring (bicyclic) bond motifs is 2. The van der Waals surface area contributed by atoms with E-state index in [0.29, 0.717) is 0 Å². The molecule has 0 aromatic heterocycles. The standard InChI is InChI=1S/C20H17N/c1-21(2)18-13-12-17-15-10-6-7-11-16(15)20(17)19(18)14-8-4-3-5-9-14/h3-13H,1-2H3. The second kappa shape index (κ2) is 4.49. The molecule has 1 heteroatoms. The highest BCUT2D eigenvalue weighted by atomic mass is 15.1. The fourth-order valence-electron chi connectivity index (χ4n) is 3.24. The summed E-state index contributed by atoms with van der Waals surface area (Å²) in [5.41, 5.74) is 3.90. The average Bonchev–Trinajstić information content (AvgIpc) is 2.52. The second-order valence-electron chi connectivity index (χ2n) is 5.69. The lowest BCUT2D eigenvalue weighted by molar-refractivity contribution is 1.12. The maximum Gasteiger partial charge on any atom is 0.0447 e. The van der Waals surface area contributed by atoms with Crippen molar-refractivity contribution >= 4 is 5.69 Å². The molecule has 1 nitrogen and oxygen atoms in total. The molecular formula is C20H17N. The van der Waals surface area contributed by atoms with Crippen molar-refractivity contribution in [3.8, 4) is 11.1 Å². The van der Waals surface area contributed by atoms with Gasteiger partial charge >= 0.3 is 0 Å². The van der Waals surface area contributed by atoms with E-state index in [0.717, 1.165) is 0 Å². The third-order valence-corrected chi connectivity index (χ3v) is 4.21. The molecule has 21 heavy (non-hydrogen) atoms. The summed E-state index contributed by atoms with van der Waals surface area (Å²) >= 11 is 0. The lowest BCUT2D eigenvalue weighted by atomic mass is 9.92. The zero-order valence-electron chi connectivity index (χ0n) is 12.3. The van der Waals surface area contributed by atoms with E-state index in [1.807, 2.05) is 0 Å². The molecule has 4 rings (SSSR count). The van der Waals surface area contributed by atoms with Gasteiger partial charge in [0.05, 0.1) is 0 Å². The number of anilines is 1. The third-order valence-electron chi connectivity index (χ3n) is 4.21. The SMILES string of the molecule is CN(C)c1ccc2c(c1-c1ccccc1)=c1ccccc1=2. The lowest BCUT2D eigenvalue weighted by Gasteiger charge is -2.21. The van der Waals surface area contributed by atoms with Crippen LogP contribution in [0.2, 0.25) is 0 Å². The predicted molar refractivity (Wildman–Crippen MR) is 88.0 cm³/mol. The van der Waals surface area contributed by atoms with E-state index in [9.17, 15) is 0 Å². The van der Waals surface area contributed by atoms with Gasteiger partial charge in [-0.2, -0.15) is 0 Å². The van der Waals surface area contributed by atoms with Gasteiger partial charge in [0, 0.05) is 30.6 Å². The molecule has 0 N–H and O–H groups in total. The molecular weight excluding hydrogens is 254 g/mol. The van der Waals surface area contributed by atoms with E-state index in [1.54, 1.807) is 0 Å². The maximum absolute atomic E-state index is 2.25. The molecule has 0 bridgehead atoms. The summed E-state index contributed by atoms with van der Waals surface area (Å²) < 4.78 is 0. The van der Waals surface area contributed by atoms with Gasteiger partial charge in [0.1, 0.15) is 0 Å². The molecule has 3 aromatic carbocycles. The Morgan fingerprint density at radius 1 is 0.619 bits per heavy atom. The van der Waals surface area contributed by atoms with Gasteiger partial charge in [-0.25, -0.2) is 0 Å². The van der Waals surface area contributed by atoms with Crippen LogP contribution in [-0.2, 0) is 0 Å². The van der Waals surface area contributed by atoms with Crippen LogP contribution in [0.5, 0.6) is 0 Å². The Labute approximate surface area is 124 Å². The van der Waals surface area contributed by atoms with Crippen molar-refractivity contribution in [2.24, 2.45) is 0 Å². The molecule has 0 unspecified atom stereocenters. The minimum Gasteiger partial charge on any atom is -0.377 e. The average molecular weight is 271 g/mol. The second-order valence-corrected chi connectivity index (χ2v) is 5.69. The van der Waals surface area contributed by atoms with Gasteiger partial charge < -0.3 is 4.90 Å². The van der Waals surface area contributed by atoms with Crippen LogP contribution >= 0.6 is 0 Å². The van der Waals surface area contributed by atoms with Gasteiger partial charge in [-0.3, -0.25) is 0 Å². The highest BCUT2D eigenvalue weighted by molar-refractivity contribution is 5.80. The Morgan fingerprint density at radius 3 is 2.00 bits per heavy atom. The molecule has 1 aliphatic carbocycles. The van der Waals surface area contributed by atoms with Crippen molar-refractivity contribution in [3.05, 3.63) is 87.6 Å². The molecule has 0 aliphatic heterocycles. The van der Waals surface area contributed by atoms with Crippen LogP contribution in [0.1, 0.15) is 0 Å². The van der Waals surface area contributed by atoms with Crippen molar-refractivity contribution in [1.82, 2.24) is 0 Å². The number of hydrogen-bond acceptors (Lipinski definition) is 1. The number of hydrogen-bond donors (Lipinski definition) is 0. The van der Waals surface area contributed by atoms with Crippen LogP contribution in [0, 0.1) is 20.9 Å². The highest BCUT2D eigenvalue weighted by Gasteiger charge is 2.14. The van der Waals surface area contributed by atoms with Crippen LogP contribution < -0.4 is 4.90 Å². The Morgan fingerprint density at radius 2 is 1.29 bits per heavy atom. The third kappa shape index (κ3) is 1.71. The molecule has 3 aromatic rings. The summed E-state index contributed by atoms with van der Waals surface area (Å²) in [5.74, 6) is 0. The molecule has 0 atom stereocenters. The Hall–Kier alpha value is -2.54. The topological polar surface area (TPSA) is 3.24 Å². The van der Waals surface area contributed by atoms with Crippen molar-refractivity contribution in [3.63, 3.8) is 0 Å². The van der Waals surface area contributed by atoms with Gasteiger partial charge in [0.25, 0.3) is 0 Å². The Balaban J connectivity index is 2.20. The normalized spacial score (nSPS) is 11.3. The van der Waals surface area contributed by atoms with Gasteiger partial charge in [-0.1, -0.05) is 60.7 Å². The van der Waals surface area contributed by atoms with Crippen LogP contribution in [0.15, 0.2) is 66.7 Å². The van der Waals surface area contributed by atoms with Crippen molar-refractivity contribution in [2.45, 2.75) is 0 Å². The number of rotatable bonds is 2. The van der Waals surface area contributed by atoms with E-state index < -0.39 is 0 Å². The molecule has 0 spiro atoms. The fourth-order valence-corrected chi connectivity index (χ4v) is 3.24. The number of nitrogens with zero attached hydrogens (tertiary/aromatic N) is 1. The molecule has 0 fully saturated rings. The summed E-state index contributed by atoms with van der Waals surface area (Å²) in [6.07, 6.45) is 0. The zero-order chi connectivity index (χ0) is 14.4. The summed E-state index contributed by atoms with van der Waals surface area (Å²) in [7, 11) is 4.22. The maximum atomic E-state index is 2.25. The first kappa shape index (κ1) is 12.2. The molecule has 0 saturated heterocycles. The molecule has 1 aliphatic rings. The van der Waals surface area contributed by atoms with Gasteiger partial charge in [0.15, 0.2) is 0 Å². The molecule has 0 heterocycles. The molecule has 0 saturated carbocycles. The van der Waals surface area contributed by atoms with E-state index >= 15 is 0 Å². The Kier molecular flexibility index (Phi) is 2.61. The largest absolute Gasteiger partial charge is 0.377 e. The minimum atomic E-state index is 1.27. The number of benzene rings is 3. The van der Waals surface area contributed by atoms with E-state index in [4.69, 9.17) is 0 Å². The quantitative estimate of drug-likeness (QED) is 0.525. The first-order valence-corrected chi connectivity index (χ1v) is 7.27. The van der Waals surface area contributed by atoms with Crippen LogP contribution in [0.4, 0.5) is 5.69 Å². The van der Waals surface area contributed by atoms with Gasteiger partial charge in [-0.15, -0.1) is 0 Å². The summed E-state index contributed by atoms with van der Waals surface area (Å²) in [4.78, 5) is 2.20. The lowest BCUT2D eigenvalue weighted by Crippen LogP contribution is -2.11. The van der Waals surface area contributed by atoms with E-state index in [-0.39, 0.29) is 0 Å². The predicted octanol–water partition coefficient (Wildman–Crippen LogP) is 4.31. The van der Waals surface area contributed by atoms with Crippen molar-refractivity contribution in [1.29, 1.82) is 0 Å². The van der Waals surface area contributed by atoms with Crippen molar-refractivity contribution in [2.75, 3.05) is 19.0 Å². The fraction of sp³-hybridized carbons (Fsp3) is 0.100. The summed E-state index contributed by atoms with van der Waals surface area (Å²) in [5, 5.41) is 5.50. The van der Waals surface area contributed by atoms with E-state index in [1.165, 1.54) is 37.7 Å². The van der Waals surface area contributed by atoms with E-state index in [2.05, 4.69) is 85.7 Å². The summed E-state index contributed by atoms with van der Waals surface area (Å²) in [6, 6.07) is 23.8. The summed E-state index contributed by atoms with van der Waals surface area (Å²) in [6.45, 7) is 0. The van der Waals surface area contributed by atoms with Crippen molar-refractivity contribution < 1.29 is 0 Å². The van der Waals surface area contributed by atoms with Gasteiger partial charge in [0.2, 0.25) is 0 Å². The monoisotopic (exact) mass is 271 g/mol. The molecule has 0 radical (unpaired) electrons. The van der Waals surface area contributed by atoms with Crippen LogP contribution in [0.25, 0.3) is 11.1 Å². The first-order chi connectivity index (χ1) is 10.3. The minimum absolute atomic E-state index is 1.27. The van der Waals surface area contributed by atoms with Gasteiger partial charge in [-0.05, 0) is 27.3 Å². The van der Waals surface area contributed by atoms with Crippen LogP contribution in [-0.4, -0.2) is 14.1 Å². The van der Waals surface area contributed by atoms with Crippen LogP contribution in [0.3, 0.4) is 0 Å². The molecule has 102 valence electrons. The first-order valence-electron chi connectivity index (χ1n) is 7.27. The zero-order valence-corrected chi connectivity index (χ0v) is 12.3.